The molecule has 0 spiro atoms. The Kier molecular flexibility index (Phi) is 6.21. The largest absolute Gasteiger partial charge is 0.497 e. The van der Waals surface area contributed by atoms with Gasteiger partial charge in [-0.3, -0.25) is 4.79 Å². The summed E-state index contributed by atoms with van der Waals surface area (Å²) in [6.07, 6.45) is 3.45. The molecule has 1 rings (SSSR count). The molecule has 5 nitrogen and oxygen atoms in total. The topological polar surface area (TPSA) is 78.8 Å². The number of aliphatic hydroxyl groups excluding tert-OH is 2. The smallest absolute Gasteiger partial charge is 0.244 e. The molecule has 3 N–H and O–H groups in total. The lowest BCUT2D eigenvalue weighted by atomic mass is 9.98. The van der Waals surface area contributed by atoms with E-state index in [2.05, 4.69) is 5.32 Å². The Balaban J connectivity index is 2.72. The molecule has 1 amide bonds. The van der Waals surface area contributed by atoms with Gasteiger partial charge in [0.2, 0.25) is 5.91 Å². The maximum atomic E-state index is 11.8. The average molecular weight is 279 g/mol. The molecule has 0 saturated heterocycles. The fourth-order valence-electron chi connectivity index (χ4n) is 1.66. The predicted octanol–water partition coefficient (Wildman–Crippen LogP) is 0.958. The average Bonchev–Trinajstić information content (AvgIpc) is 2.51. The summed E-state index contributed by atoms with van der Waals surface area (Å²) in [7, 11) is 1.58. The molecule has 1 aromatic carbocycles. The van der Waals surface area contributed by atoms with E-state index in [1.807, 2.05) is 18.2 Å². The third kappa shape index (κ3) is 4.36. The summed E-state index contributed by atoms with van der Waals surface area (Å²) in [6, 6.07) is 7.29. The van der Waals surface area contributed by atoms with Crippen LogP contribution < -0.4 is 10.1 Å². The summed E-state index contributed by atoms with van der Waals surface area (Å²) in [4.78, 5) is 11.8. The van der Waals surface area contributed by atoms with Crippen molar-refractivity contribution in [1.29, 1.82) is 0 Å². The molecule has 0 bridgehead atoms. The number of rotatable bonds is 7. The Morgan fingerprint density at radius 2 is 2.10 bits per heavy atom. The zero-order chi connectivity index (χ0) is 15.0. The van der Waals surface area contributed by atoms with Crippen molar-refractivity contribution in [2.45, 2.75) is 18.9 Å². The fourth-order valence-corrected chi connectivity index (χ4v) is 1.66. The van der Waals surface area contributed by atoms with Gasteiger partial charge < -0.3 is 20.3 Å². The SMILES string of the molecule is CCC(CO)(CO)NC(=O)/C=C/c1cccc(OC)c1. The number of ether oxygens (including phenoxy) is 1. The van der Waals surface area contributed by atoms with Gasteiger partial charge >= 0.3 is 0 Å². The minimum atomic E-state index is -0.976. The van der Waals surface area contributed by atoms with Gasteiger partial charge in [0.15, 0.2) is 0 Å². The van der Waals surface area contributed by atoms with Gasteiger partial charge in [-0.15, -0.1) is 0 Å². The van der Waals surface area contributed by atoms with E-state index in [1.165, 1.54) is 6.08 Å². The Hall–Kier alpha value is -1.85. The quantitative estimate of drug-likeness (QED) is 0.650. The van der Waals surface area contributed by atoms with Crippen molar-refractivity contribution < 1.29 is 19.7 Å². The number of hydrogen-bond donors (Lipinski definition) is 3. The minimum absolute atomic E-state index is 0.307. The predicted molar refractivity (Wildman–Crippen MR) is 77.4 cm³/mol. The monoisotopic (exact) mass is 279 g/mol. The van der Waals surface area contributed by atoms with Crippen LogP contribution in [0.25, 0.3) is 6.08 Å². The second-order valence-electron chi connectivity index (χ2n) is 4.55. The summed E-state index contributed by atoms with van der Waals surface area (Å²) < 4.78 is 5.09. The molecule has 0 aromatic heterocycles. The number of aliphatic hydroxyl groups is 2. The van der Waals surface area contributed by atoms with Crippen molar-refractivity contribution in [2.24, 2.45) is 0 Å². The molecular weight excluding hydrogens is 258 g/mol. The van der Waals surface area contributed by atoms with E-state index in [4.69, 9.17) is 4.74 Å². The number of benzene rings is 1. The number of amides is 1. The third-order valence-electron chi connectivity index (χ3n) is 3.19. The van der Waals surface area contributed by atoms with Crippen molar-refractivity contribution in [3.8, 4) is 5.75 Å². The number of carbonyl (C=O) groups excluding carboxylic acids is 1. The number of methoxy groups -OCH3 is 1. The first-order valence-corrected chi connectivity index (χ1v) is 6.45. The van der Waals surface area contributed by atoms with E-state index in [-0.39, 0.29) is 19.1 Å². The molecule has 0 unspecified atom stereocenters. The van der Waals surface area contributed by atoms with Crippen LogP contribution >= 0.6 is 0 Å². The summed E-state index contributed by atoms with van der Waals surface area (Å²) in [5.41, 5.74) is -0.148. The molecule has 20 heavy (non-hydrogen) atoms. The van der Waals surface area contributed by atoms with Crippen molar-refractivity contribution in [1.82, 2.24) is 5.32 Å². The Bertz CT molecular complexity index is 458. The van der Waals surface area contributed by atoms with Crippen LogP contribution in [0.15, 0.2) is 30.3 Å². The van der Waals surface area contributed by atoms with Gasteiger partial charge in [-0.1, -0.05) is 19.1 Å². The van der Waals surface area contributed by atoms with Crippen LogP contribution in [0.3, 0.4) is 0 Å². The lowest BCUT2D eigenvalue weighted by Gasteiger charge is -2.29. The zero-order valence-electron chi connectivity index (χ0n) is 11.8. The molecule has 0 aliphatic carbocycles. The van der Waals surface area contributed by atoms with Crippen LogP contribution in [0.1, 0.15) is 18.9 Å². The zero-order valence-corrected chi connectivity index (χ0v) is 11.8. The van der Waals surface area contributed by atoms with E-state index in [0.717, 1.165) is 5.56 Å². The van der Waals surface area contributed by atoms with Crippen LogP contribution in [0.4, 0.5) is 0 Å². The summed E-state index contributed by atoms with van der Waals surface area (Å²) in [5, 5.41) is 21.1. The second-order valence-corrected chi connectivity index (χ2v) is 4.55. The summed E-state index contributed by atoms with van der Waals surface area (Å²) in [6.45, 7) is 1.18. The fraction of sp³-hybridized carbons (Fsp3) is 0.400. The van der Waals surface area contributed by atoms with Gasteiger partial charge in [0.25, 0.3) is 0 Å². The van der Waals surface area contributed by atoms with Gasteiger partial charge in [0.05, 0.1) is 25.9 Å². The first-order valence-electron chi connectivity index (χ1n) is 6.45. The van der Waals surface area contributed by atoms with E-state index < -0.39 is 5.54 Å². The highest BCUT2D eigenvalue weighted by molar-refractivity contribution is 5.92. The first kappa shape index (κ1) is 16.2. The normalized spacial score (nSPS) is 11.6. The standard InChI is InChI=1S/C15H21NO4/c1-3-15(10-17,11-18)16-14(19)8-7-12-5-4-6-13(9-12)20-2/h4-9,17-18H,3,10-11H2,1-2H3,(H,16,19)/b8-7+. The van der Waals surface area contributed by atoms with E-state index in [1.54, 1.807) is 26.2 Å². The highest BCUT2D eigenvalue weighted by Crippen LogP contribution is 2.14. The lowest BCUT2D eigenvalue weighted by molar-refractivity contribution is -0.119. The Labute approximate surface area is 118 Å². The van der Waals surface area contributed by atoms with E-state index in [0.29, 0.717) is 12.2 Å². The van der Waals surface area contributed by atoms with Gasteiger partial charge in [-0.25, -0.2) is 0 Å². The van der Waals surface area contributed by atoms with Gasteiger partial charge in [0, 0.05) is 6.08 Å². The lowest BCUT2D eigenvalue weighted by Crippen LogP contribution is -2.53. The molecule has 0 atom stereocenters. The van der Waals surface area contributed by atoms with Crippen molar-refractivity contribution in [3.05, 3.63) is 35.9 Å². The second kappa shape index (κ2) is 7.67. The molecule has 0 heterocycles. The number of carbonyl (C=O) groups is 1. The summed E-state index contributed by atoms with van der Waals surface area (Å²) >= 11 is 0. The molecule has 110 valence electrons. The number of nitrogens with one attached hydrogen (secondary N) is 1. The molecular formula is C15H21NO4. The van der Waals surface area contributed by atoms with Gasteiger partial charge in [-0.2, -0.15) is 0 Å². The molecule has 0 fully saturated rings. The van der Waals surface area contributed by atoms with Gasteiger partial charge in [0.1, 0.15) is 5.75 Å². The van der Waals surface area contributed by atoms with Crippen LogP contribution in [0.5, 0.6) is 5.75 Å². The van der Waals surface area contributed by atoms with Crippen LogP contribution in [0.2, 0.25) is 0 Å². The van der Waals surface area contributed by atoms with E-state index in [9.17, 15) is 15.0 Å². The van der Waals surface area contributed by atoms with Crippen LogP contribution in [-0.4, -0.2) is 42.0 Å². The van der Waals surface area contributed by atoms with Gasteiger partial charge in [-0.05, 0) is 30.2 Å². The van der Waals surface area contributed by atoms with Crippen LogP contribution in [-0.2, 0) is 4.79 Å². The van der Waals surface area contributed by atoms with Crippen molar-refractivity contribution in [3.63, 3.8) is 0 Å². The third-order valence-corrected chi connectivity index (χ3v) is 3.19. The van der Waals surface area contributed by atoms with Crippen molar-refractivity contribution in [2.75, 3.05) is 20.3 Å². The van der Waals surface area contributed by atoms with Crippen molar-refractivity contribution >= 4 is 12.0 Å². The molecule has 0 aliphatic heterocycles. The maximum absolute atomic E-state index is 11.8. The molecule has 5 heteroatoms. The first-order chi connectivity index (χ1) is 9.59. The summed E-state index contributed by atoms with van der Waals surface area (Å²) in [5.74, 6) is 0.346. The molecule has 0 aliphatic rings. The highest BCUT2D eigenvalue weighted by atomic mass is 16.5. The molecule has 0 radical (unpaired) electrons. The Morgan fingerprint density at radius 3 is 2.65 bits per heavy atom. The number of hydrogen-bond acceptors (Lipinski definition) is 4. The van der Waals surface area contributed by atoms with E-state index >= 15 is 0 Å². The van der Waals surface area contributed by atoms with Crippen LogP contribution in [0, 0.1) is 0 Å². The maximum Gasteiger partial charge on any atom is 0.244 e. The molecule has 1 aromatic rings. The molecule has 0 saturated carbocycles. The highest BCUT2D eigenvalue weighted by Gasteiger charge is 2.27. The Morgan fingerprint density at radius 1 is 1.40 bits per heavy atom. The minimum Gasteiger partial charge on any atom is -0.497 e.